The lowest BCUT2D eigenvalue weighted by Gasteiger charge is -2.31. The molecule has 1 saturated heterocycles. The Morgan fingerprint density at radius 3 is 2.50 bits per heavy atom. The number of aldehydes is 1. The average molecular weight is 534 g/mol. The van der Waals surface area contributed by atoms with Crippen LogP contribution in [0.2, 0.25) is 5.02 Å². The van der Waals surface area contributed by atoms with Crippen molar-refractivity contribution in [3.05, 3.63) is 71.1 Å². The Bertz CT molecular complexity index is 1450. The molecule has 194 valence electrons. The molecule has 3 heterocycles. The Morgan fingerprint density at radius 2 is 1.82 bits per heavy atom. The predicted molar refractivity (Wildman–Crippen MR) is 140 cm³/mol. The Labute approximate surface area is 222 Å². The van der Waals surface area contributed by atoms with Crippen LogP contribution in [0, 0.1) is 5.92 Å². The van der Waals surface area contributed by atoms with Crippen LogP contribution in [0.1, 0.15) is 33.7 Å². The molecule has 0 bridgehead atoms. The molecule has 3 N–H and O–H groups in total. The quantitative estimate of drug-likeness (QED) is 0.296. The molecule has 1 amide bonds. The first kappa shape index (κ1) is 25.2. The van der Waals surface area contributed by atoms with Gasteiger partial charge in [0.2, 0.25) is 5.95 Å². The summed E-state index contributed by atoms with van der Waals surface area (Å²) in [6.07, 6.45) is 5.37. The number of carbonyl (C=O) groups excluding carboxylic acids is 2. The van der Waals surface area contributed by atoms with Gasteiger partial charge in [0.15, 0.2) is 17.7 Å². The van der Waals surface area contributed by atoms with E-state index >= 15 is 0 Å². The maximum Gasteiger partial charge on any atom is 0.274 e. The monoisotopic (exact) mass is 533 g/mol. The van der Waals surface area contributed by atoms with Crippen molar-refractivity contribution in [3.8, 4) is 33.9 Å². The second kappa shape index (κ2) is 10.9. The second-order valence-electron chi connectivity index (χ2n) is 9.00. The topological polar surface area (TPSA) is 142 Å². The third-order valence-electron chi connectivity index (χ3n) is 6.52. The largest absolute Gasteiger partial charge is 0.507 e. The number of aromatic hydroxyl groups is 2. The van der Waals surface area contributed by atoms with Crippen LogP contribution in [0.5, 0.6) is 11.5 Å². The van der Waals surface area contributed by atoms with Crippen LogP contribution in [-0.2, 0) is 0 Å². The summed E-state index contributed by atoms with van der Waals surface area (Å²) in [5, 5.41) is 27.3. The van der Waals surface area contributed by atoms with Crippen molar-refractivity contribution in [2.75, 3.05) is 24.5 Å². The molecule has 4 aromatic rings. The van der Waals surface area contributed by atoms with E-state index in [9.17, 15) is 19.8 Å². The van der Waals surface area contributed by atoms with Crippen LogP contribution in [0.3, 0.4) is 0 Å². The van der Waals surface area contributed by atoms with Crippen molar-refractivity contribution >= 4 is 29.7 Å². The summed E-state index contributed by atoms with van der Waals surface area (Å²) in [7, 11) is 0. The van der Waals surface area contributed by atoms with Crippen LogP contribution < -0.4 is 10.2 Å². The lowest BCUT2D eigenvalue weighted by Crippen LogP contribution is -2.39. The summed E-state index contributed by atoms with van der Waals surface area (Å²) in [6, 6.07) is 11.6. The summed E-state index contributed by atoms with van der Waals surface area (Å²) in [5.74, 6) is 0.0494. The van der Waals surface area contributed by atoms with Gasteiger partial charge in [0.25, 0.3) is 5.91 Å². The first-order chi connectivity index (χ1) is 18.4. The summed E-state index contributed by atoms with van der Waals surface area (Å²) in [6.45, 7) is 1.90. The van der Waals surface area contributed by atoms with Crippen molar-refractivity contribution in [3.63, 3.8) is 0 Å². The molecule has 2 aromatic heterocycles. The standard InChI is InChI=1S/C27H24ClN5O5/c28-20-10-19(21(35)11-22(20)36)25-23(18-4-2-1-3-5-18)24(32-38-25)26(37)29-12-16-6-8-33(9-7-16)27-30-13-17(15-34)14-31-27/h1-5,10-11,13-16,35-36H,6-9,12H2,(H,29,37). The highest BCUT2D eigenvalue weighted by Crippen LogP contribution is 2.42. The molecule has 2 aromatic carbocycles. The number of halogens is 1. The highest BCUT2D eigenvalue weighted by molar-refractivity contribution is 6.32. The Hall–Kier alpha value is -4.44. The number of benzene rings is 2. The molecule has 0 radical (unpaired) electrons. The van der Waals surface area contributed by atoms with Crippen LogP contribution in [0.15, 0.2) is 59.4 Å². The lowest BCUT2D eigenvalue weighted by molar-refractivity contribution is 0.0936. The predicted octanol–water partition coefficient (Wildman–Crippen LogP) is 4.32. The molecule has 1 fully saturated rings. The summed E-state index contributed by atoms with van der Waals surface area (Å²) < 4.78 is 5.55. The Kier molecular flexibility index (Phi) is 7.23. The zero-order chi connectivity index (χ0) is 26.6. The first-order valence-electron chi connectivity index (χ1n) is 12.0. The van der Waals surface area contributed by atoms with Crippen LogP contribution in [0.25, 0.3) is 22.5 Å². The molecule has 0 aliphatic carbocycles. The molecule has 10 nitrogen and oxygen atoms in total. The fourth-order valence-corrected chi connectivity index (χ4v) is 4.61. The van der Waals surface area contributed by atoms with Gasteiger partial charge in [-0.3, -0.25) is 9.59 Å². The van der Waals surface area contributed by atoms with Crippen molar-refractivity contribution in [1.82, 2.24) is 20.4 Å². The van der Waals surface area contributed by atoms with E-state index < -0.39 is 5.91 Å². The first-order valence-corrected chi connectivity index (χ1v) is 12.4. The number of aromatic nitrogens is 3. The van der Waals surface area contributed by atoms with E-state index in [0.717, 1.165) is 32.0 Å². The maximum atomic E-state index is 13.3. The second-order valence-corrected chi connectivity index (χ2v) is 9.40. The molecule has 38 heavy (non-hydrogen) atoms. The molecule has 1 aliphatic heterocycles. The van der Waals surface area contributed by atoms with E-state index in [4.69, 9.17) is 16.1 Å². The molecular weight excluding hydrogens is 510 g/mol. The molecule has 0 spiro atoms. The number of rotatable bonds is 7. The summed E-state index contributed by atoms with van der Waals surface area (Å²) in [4.78, 5) is 34.6. The number of phenols is 2. The minimum atomic E-state index is -0.404. The average Bonchev–Trinajstić information content (AvgIpc) is 3.39. The van der Waals surface area contributed by atoms with E-state index in [1.54, 1.807) is 0 Å². The zero-order valence-corrected chi connectivity index (χ0v) is 20.9. The van der Waals surface area contributed by atoms with Crippen molar-refractivity contribution < 1.29 is 24.3 Å². The number of nitrogens with zero attached hydrogens (tertiary/aromatic N) is 4. The van der Waals surface area contributed by atoms with E-state index in [1.165, 1.54) is 18.5 Å². The Morgan fingerprint density at radius 1 is 1.11 bits per heavy atom. The zero-order valence-electron chi connectivity index (χ0n) is 20.2. The summed E-state index contributed by atoms with van der Waals surface area (Å²) in [5.41, 5.74) is 1.79. The van der Waals surface area contributed by atoms with Crippen molar-refractivity contribution in [2.24, 2.45) is 5.92 Å². The highest BCUT2D eigenvalue weighted by Gasteiger charge is 2.28. The Balaban J connectivity index is 1.31. The van der Waals surface area contributed by atoms with Gasteiger partial charge in [0.05, 0.1) is 21.7 Å². The molecule has 0 unspecified atom stereocenters. The fourth-order valence-electron chi connectivity index (χ4n) is 4.45. The maximum absolute atomic E-state index is 13.3. The molecule has 0 saturated carbocycles. The number of anilines is 1. The van der Waals surface area contributed by atoms with Crippen molar-refractivity contribution in [1.29, 1.82) is 0 Å². The van der Waals surface area contributed by atoms with Gasteiger partial charge < -0.3 is 25.0 Å². The smallest absolute Gasteiger partial charge is 0.274 e. The van der Waals surface area contributed by atoms with Crippen LogP contribution in [0.4, 0.5) is 5.95 Å². The number of piperidine rings is 1. The minimum Gasteiger partial charge on any atom is -0.507 e. The van der Waals surface area contributed by atoms with Gasteiger partial charge in [-0.2, -0.15) is 0 Å². The third kappa shape index (κ3) is 5.16. The molecule has 5 rings (SSSR count). The fraction of sp³-hybridized carbons (Fsp3) is 0.222. The molecular formula is C27H24ClN5O5. The number of hydrogen-bond donors (Lipinski definition) is 3. The number of carbonyl (C=O) groups is 2. The number of amides is 1. The van der Waals surface area contributed by atoms with Gasteiger partial charge in [0.1, 0.15) is 11.5 Å². The molecule has 11 heteroatoms. The van der Waals surface area contributed by atoms with Gasteiger partial charge >= 0.3 is 0 Å². The van der Waals surface area contributed by atoms with Gasteiger partial charge in [-0.15, -0.1) is 0 Å². The number of phenolic OH excluding ortho intramolecular Hbond substituents is 2. The van der Waals surface area contributed by atoms with E-state index in [1.807, 2.05) is 30.3 Å². The van der Waals surface area contributed by atoms with E-state index in [-0.39, 0.29) is 39.5 Å². The van der Waals surface area contributed by atoms with Crippen LogP contribution >= 0.6 is 11.6 Å². The normalized spacial score (nSPS) is 13.9. The number of hydrogen-bond acceptors (Lipinski definition) is 9. The molecule has 1 aliphatic rings. The van der Waals surface area contributed by atoms with Crippen molar-refractivity contribution in [2.45, 2.75) is 12.8 Å². The van der Waals surface area contributed by atoms with E-state index in [0.29, 0.717) is 35.5 Å². The SMILES string of the molecule is O=Cc1cnc(N2CCC(CNC(=O)c3noc(-c4cc(Cl)c(O)cc4O)c3-c3ccccc3)CC2)nc1. The highest BCUT2D eigenvalue weighted by atomic mass is 35.5. The lowest BCUT2D eigenvalue weighted by atomic mass is 9.96. The van der Waals surface area contributed by atoms with Gasteiger partial charge in [-0.25, -0.2) is 9.97 Å². The number of nitrogens with one attached hydrogen (secondary N) is 1. The van der Waals surface area contributed by atoms with E-state index in [2.05, 4.69) is 25.3 Å². The van der Waals surface area contributed by atoms with Crippen LogP contribution in [-0.4, -0.2) is 57.2 Å². The van der Waals surface area contributed by atoms with Gasteiger partial charge in [-0.05, 0) is 30.4 Å². The third-order valence-corrected chi connectivity index (χ3v) is 6.83. The molecule has 0 atom stereocenters. The van der Waals surface area contributed by atoms with Gasteiger partial charge in [0, 0.05) is 38.1 Å². The summed E-state index contributed by atoms with van der Waals surface area (Å²) >= 11 is 6.07. The minimum absolute atomic E-state index is 0.0237. The van der Waals surface area contributed by atoms with Gasteiger partial charge in [-0.1, -0.05) is 47.1 Å².